The van der Waals surface area contributed by atoms with E-state index in [0.29, 0.717) is 17.9 Å². The Bertz CT molecular complexity index is 510. The summed E-state index contributed by atoms with van der Waals surface area (Å²) < 4.78 is 41.5. The number of halogens is 3. The molecule has 0 bridgehead atoms. The minimum atomic E-state index is -4.55. The Kier molecular flexibility index (Phi) is 5.47. The second-order valence-electron chi connectivity index (χ2n) is 5.86. The topological polar surface area (TPSA) is 33.0 Å². The summed E-state index contributed by atoms with van der Waals surface area (Å²) >= 11 is 0. The minimum absolute atomic E-state index is 0.0266. The molecule has 120 valence electrons. The van der Waals surface area contributed by atoms with Crippen molar-refractivity contribution in [3.05, 3.63) is 35.4 Å². The van der Waals surface area contributed by atoms with E-state index in [1.165, 1.54) is 5.56 Å². The molecule has 0 saturated heterocycles. The van der Waals surface area contributed by atoms with E-state index in [4.69, 9.17) is 5.26 Å². The number of ether oxygens (including phenoxy) is 1. The van der Waals surface area contributed by atoms with Gasteiger partial charge in [-0.1, -0.05) is 19.1 Å². The van der Waals surface area contributed by atoms with Crippen LogP contribution in [-0.2, 0) is 4.74 Å². The van der Waals surface area contributed by atoms with E-state index in [1.807, 2.05) is 12.1 Å². The summed E-state index contributed by atoms with van der Waals surface area (Å²) in [5.74, 6) is 0.341. The molecule has 1 aliphatic carbocycles. The molecule has 1 unspecified atom stereocenters. The van der Waals surface area contributed by atoms with Crippen LogP contribution in [0.25, 0.3) is 0 Å². The summed E-state index contributed by atoms with van der Waals surface area (Å²) in [5, 5.41) is 8.80. The lowest BCUT2D eigenvalue weighted by atomic mass is 9.76. The molecule has 1 aromatic carbocycles. The van der Waals surface area contributed by atoms with Crippen molar-refractivity contribution in [2.75, 3.05) is 0 Å². The number of hydrogen-bond donors (Lipinski definition) is 0. The number of hydrogen-bond acceptors (Lipinski definition) is 2. The zero-order chi connectivity index (χ0) is 16.2. The van der Waals surface area contributed by atoms with E-state index in [0.717, 1.165) is 25.7 Å². The van der Waals surface area contributed by atoms with E-state index >= 15 is 0 Å². The van der Waals surface area contributed by atoms with Crippen molar-refractivity contribution < 1.29 is 17.9 Å². The molecule has 2 rings (SSSR count). The van der Waals surface area contributed by atoms with Crippen LogP contribution in [0.2, 0.25) is 0 Å². The molecule has 1 fully saturated rings. The molecule has 0 heterocycles. The third kappa shape index (κ3) is 4.48. The van der Waals surface area contributed by atoms with Gasteiger partial charge in [0.05, 0.1) is 17.7 Å². The number of nitrogens with zero attached hydrogens (tertiary/aromatic N) is 1. The SMILES string of the molecule is CCC(OC(F)(F)F)C1CCC(c2ccc(C#N)cc2)CC1. The fourth-order valence-electron chi connectivity index (χ4n) is 3.34. The fourth-order valence-corrected chi connectivity index (χ4v) is 3.34. The van der Waals surface area contributed by atoms with Gasteiger partial charge in [0.2, 0.25) is 0 Å². The molecule has 0 radical (unpaired) electrons. The molecule has 22 heavy (non-hydrogen) atoms. The fraction of sp³-hybridized carbons (Fsp3) is 0.588. The van der Waals surface area contributed by atoms with Gasteiger partial charge in [-0.05, 0) is 61.6 Å². The summed E-state index contributed by atoms with van der Waals surface area (Å²) in [4.78, 5) is 0. The van der Waals surface area contributed by atoms with Gasteiger partial charge in [0.25, 0.3) is 0 Å². The highest BCUT2D eigenvalue weighted by molar-refractivity contribution is 5.33. The monoisotopic (exact) mass is 311 g/mol. The van der Waals surface area contributed by atoms with E-state index < -0.39 is 12.5 Å². The van der Waals surface area contributed by atoms with Crippen LogP contribution in [0, 0.1) is 17.2 Å². The zero-order valence-corrected chi connectivity index (χ0v) is 12.6. The molecule has 2 nitrogen and oxygen atoms in total. The molecule has 1 aliphatic rings. The second kappa shape index (κ2) is 7.15. The Morgan fingerprint density at radius 3 is 2.23 bits per heavy atom. The molecule has 1 aromatic rings. The van der Waals surface area contributed by atoms with E-state index in [9.17, 15) is 13.2 Å². The average Bonchev–Trinajstić information content (AvgIpc) is 2.52. The highest BCUT2D eigenvalue weighted by Gasteiger charge is 2.37. The van der Waals surface area contributed by atoms with Crippen molar-refractivity contribution in [1.29, 1.82) is 5.26 Å². The van der Waals surface area contributed by atoms with Crippen LogP contribution in [0.3, 0.4) is 0 Å². The number of benzene rings is 1. The maximum absolute atomic E-state index is 12.4. The zero-order valence-electron chi connectivity index (χ0n) is 12.6. The van der Waals surface area contributed by atoms with Gasteiger partial charge in [-0.2, -0.15) is 5.26 Å². The summed E-state index contributed by atoms with van der Waals surface area (Å²) in [6.07, 6.45) is -1.67. The van der Waals surface area contributed by atoms with Gasteiger partial charge in [-0.3, -0.25) is 4.74 Å². The first-order valence-electron chi connectivity index (χ1n) is 7.67. The standard InChI is InChI=1S/C17H20F3NO/c1-2-16(22-17(18,19)20)15-9-7-14(8-10-15)13-5-3-12(11-21)4-6-13/h3-6,14-16H,2,7-10H2,1H3. The predicted octanol–water partition coefficient (Wildman–Crippen LogP) is 5.15. The molecule has 1 saturated carbocycles. The van der Waals surface area contributed by atoms with E-state index in [-0.39, 0.29) is 5.92 Å². The van der Waals surface area contributed by atoms with Gasteiger partial charge in [0.15, 0.2) is 0 Å². The second-order valence-corrected chi connectivity index (χ2v) is 5.86. The van der Waals surface area contributed by atoms with Gasteiger partial charge >= 0.3 is 6.36 Å². The average molecular weight is 311 g/mol. The number of rotatable bonds is 4. The smallest absolute Gasteiger partial charge is 0.288 e. The van der Waals surface area contributed by atoms with Crippen molar-refractivity contribution in [3.63, 3.8) is 0 Å². The minimum Gasteiger partial charge on any atom is -0.288 e. The van der Waals surface area contributed by atoms with Gasteiger partial charge in [-0.15, -0.1) is 13.2 Å². The Balaban J connectivity index is 1.93. The Labute approximate surface area is 128 Å². The third-order valence-electron chi connectivity index (χ3n) is 4.50. The first kappa shape index (κ1) is 16.8. The van der Waals surface area contributed by atoms with Gasteiger partial charge in [0, 0.05) is 0 Å². The summed E-state index contributed by atoms with van der Waals surface area (Å²) in [6, 6.07) is 9.58. The highest BCUT2D eigenvalue weighted by atomic mass is 19.4. The quantitative estimate of drug-likeness (QED) is 0.770. The largest absolute Gasteiger partial charge is 0.522 e. The van der Waals surface area contributed by atoms with Crippen molar-refractivity contribution in [1.82, 2.24) is 0 Å². The first-order chi connectivity index (χ1) is 10.4. The molecular weight excluding hydrogens is 291 g/mol. The Morgan fingerprint density at radius 1 is 1.18 bits per heavy atom. The van der Waals surface area contributed by atoms with Crippen LogP contribution in [0.15, 0.2) is 24.3 Å². The normalized spacial score (nSPS) is 23.8. The lowest BCUT2D eigenvalue weighted by molar-refractivity contribution is -0.349. The summed E-state index contributed by atoms with van der Waals surface area (Å²) in [5.41, 5.74) is 1.80. The summed E-state index contributed by atoms with van der Waals surface area (Å²) in [7, 11) is 0. The maximum atomic E-state index is 12.4. The van der Waals surface area contributed by atoms with Crippen molar-refractivity contribution in [3.8, 4) is 6.07 Å². The lowest BCUT2D eigenvalue weighted by Crippen LogP contribution is -2.32. The molecule has 5 heteroatoms. The highest BCUT2D eigenvalue weighted by Crippen LogP contribution is 2.39. The molecule has 0 aromatic heterocycles. The van der Waals surface area contributed by atoms with Crippen LogP contribution in [0.1, 0.15) is 56.1 Å². The predicted molar refractivity (Wildman–Crippen MR) is 77.1 cm³/mol. The number of nitriles is 1. The van der Waals surface area contributed by atoms with Crippen LogP contribution in [-0.4, -0.2) is 12.5 Å². The Morgan fingerprint density at radius 2 is 1.77 bits per heavy atom. The molecule has 0 amide bonds. The maximum Gasteiger partial charge on any atom is 0.522 e. The molecule has 1 atom stereocenters. The van der Waals surface area contributed by atoms with E-state index in [2.05, 4.69) is 10.8 Å². The molecule has 0 N–H and O–H groups in total. The van der Waals surface area contributed by atoms with Crippen LogP contribution >= 0.6 is 0 Å². The molecule has 0 aliphatic heterocycles. The molecule has 0 spiro atoms. The van der Waals surface area contributed by atoms with Crippen LogP contribution in [0.4, 0.5) is 13.2 Å². The molecular formula is C17H20F3NO. The number of alkyl halides is 3. The van der Waals surface area contributed by atoms with Crippen molar-refractivity contribution in [2.24, 2.45) is 5.92 Å². The van der Waals surface area contributed by atoms with E-state index in [1.54, 1.807) is 19.1 Å². The van der Waals surface area contributed by atoms with Crippen molar-refractivity contribution in [2.45, 2.75) is 57.4 Å². The Hall–Kier alpha value is -1.54. The van der Waals surface area contributed by atoms with Crippen LogP contribution in [0.5, 0.6) is 0 Å². The van der Waals surface area contributed by atoms with Gasteiger partial charge in [-0.25, -0.2) is 0 Å². The van der Waals surface area contributed by atoms with Gasteiger partial charge < -0.3 is 0 Å². The lowest BCUT2D eigenvalue weighted by Gasteiger charge is -2.33. The first-order valence-corrected chi connectivity index (χ1v) is 7.67. The summed E-state index contributed by atoms with van der Waals surface area (Å²) in [6.45, 7) is 1.74. The van der Waals surface area contributed by atoms with Gasteiger partial charge in [0.1, 0.15) is 0 Å². The third-order valence-corrected chi connectivity index (χ3v) is 4.50. The van der Waals surface area contributed by atoms with Crippen LogP contribution < -0.4 is 0 Å². The van der Waals surface area contributed by atoms with Crippen molar-refractivity contribution >= 4 is 0 Å².